The van der Waals surface area contributed by atoms with Crippen LogP contribution in [0.3, 0.4) is 0 Å². The first kappa shape index (κ1) is 10.9. The first-order chi connectivity index (χ1) is 6.80. The Kier molecular flexibility index (Phi) is 2.34. The second-order valence-electron chi connectivity index (χ2n) is 6.14. The van der Waals surface area contributed by atoms with E-state index in [4.69, 9.17) is 4.74 Å². The van der Waals surface area contributed by atoms with Crippen molar-refractivity contribution in [3.05, 3.63) is 0 Å². The van der Waals surface area contributed by atoms with E-state index in [2.05, 4.69) is 20.8 Å². The lowest BCUT2D eigenvalue weighted by atomic mass is 9.61. The SMILES string of the molecule is CC(=O)N1CC2(CC(OC(C)(C)C)C2)C1. The molecule has 0 aromatic heterocycles. The van der Waals surface area contributed by atoms with Crippen LogP contribution in [0.1, 0.15) is 40.5 Å². The van der Waals surface area contributed by atoms with E-state index in [1.165, 1.54) is 0 Å². The highest BCUT2D eigenvalue weighted by Gasteiger charge is 2.54. The lowest BCUT2D eigenvalue weighted by molar-refractivity contribution is -0.190. The first-order valence-electron chi connectivity index (χ1n) is 5.73. The number of hydrogen-bond donors (Lipinski definition) is 0. The van der Waals surface area contributed by atoms with Gasteiger partial charge < -0.3 is 9.64 Å². The number of likely N-dealkylation sites (tertiary alicyclic amines) is 1. The van der Waals surface area contributed by atoms with Gasteiger partial charge in [0.15, 0.2) is 0 Å². The standard InChI is InChI=1S/C12H21NO2/c1-9(14)13-7-12(8-13)5-10(6-12)15-11(2,3)4/h10H,5-8H2,1-4H3. The summed E-state index contributed by atoms with van der Waals surface area (Å²) < 4.78 is 5.90. The minimum atomic E-state index is -0.0315. The molecule has 0 aromatic rings. The summed E-state index contributed by atoms with van der Waals surface area (Å²) in [6.45, 7) is 9.84. The smallest absolute Gasteiger partial charge is 0.219 e. The summed E-state index contributed by atoms with van der Waals surface area (Å²) in [4.78, 5) is 13.0. The minimum absolute atomic E-state index is 0.0315. The summed E-state index contributed by atoms with van der Waals surface area (Å²) in [5.74, 6) is 0.209. The van der Waals surface area contributed by atoms with Crippen molar-refractivity contribution in [2.45, 2.75) is 52.2 Å². The van der Waals surface area contributed by atoms with Crippen molar-refractivity contribution >= 4 is 5.91 Å². The van der Waals surface area contributed by atoms with Gasteiger partial charge in [0.1, 0.15) is 0 Å². The van der Waals surface area contributed by atoms with Crippen LogP contribution in [0.5, 0.6) is 0 Å². The van der Waals surface area contributed by atoms with Gasteiger partial charge in [-0.05, 0) is 33.6 Å². The third-order valence-electron chi connectivity index (χ3n) is 3.34. The lowest BCUT2D eigenvalue weighted by Crippen LogP contribution is -2.65. The number of ether oxygens (including phenoxy) is 1. The average Bonchev–Trinajstić information content (AvgIpc) is 1.87. The molecule has 86 valence electrons. The van der Waals surface area contributed by atoms with Crippen LogP contribution in [0.4, 0.5) is 0 Å². The molecule has 0 unspecified atom stereocenters. The van der Waals surface area contributed by atoms with E-state index in [9.17, 15) is 4.79 Å². The second-order valence-corrected chi connectivity index (χ2v) is 6.14. The van der Waals surface area contributed by atoms with Gasteiger partial charge in [0, 0.05) is 25.4 Å². The molecule has 1 saturated carbocycles. The molecule has 0 radical (unpaired) electrons. The van der Waals surface area contributed by atoms with Gasteiger partial charge in [-0.2, -0.15) is 0 Å². The van der Waals surface area contributed by atoms with Crippen molar-refractivity contribution in [1.82, 2.24) is 4.90 Å². The molecule has 1 spiro atoms. The highest BCUT2D eigenvalue weighted by molar-refractivity contribution is 5.74. The Labute approximate surface area is 91.8 Å². The first-order valence-corrected chi connectivity index (χ1v) is 5.73. The molecule has 0 N–H and O–H groups in total. The Hall–Kier alpha value is -0.570. The highest BCUT2D eigenvalue weighted by Crippen LogP contribution is 2.50. The molecule has 0 atom stereocenters. The zero-order chi connectivity index (χ0) is 11.3. The monoisotopic (exact) mass is 211 g/mol. The molecule has 1 amide bonds. The Morgan fingerprint density at radius 2 is 1.87 bits per heavy atom. The molecule has 0 bridgehead atoms. The van der Waals surface area contributed by atoms with E-state index in [0.717, 1.165) is 25.9 Å². The molecule has 1 aliphatic heterocycles. The van der Waals surface area contributed by atoms with E-state index in [0.29, 0.717) is 11.5 Å². The summed E-state index contributed by atoms with van der Waals surface area (Å²) in [5, 5.41) is 0. The van der Waals surface area contributed by atoms with Crippen molar-refractivity contribution in [2.24, 2.45) is 5.41 Å². The van der Waals surface area contributed by atoms with Crippen LogP contribution >= 0.6 is 0 Å². The Bertz CT molecular complexity index is 266. The molecule has 3 heteroatoms. The molecule has 2 rings (SSSR count). The van der Waals surface area contributed by atoms with E-state index in [1.807, 2.05) is 4.90 Å². The van der Waals surface area contributed by atoms with Crippen molar-refractivity contribution in [1.29, 1.82) is 0 Å². The van der Waals surface area contributed by atoms with Crippen LogP contribution in [-0.4, -0.2) is 35.6 Å². The van der Waals surface area contributed by atoms with Crippen LogP contribution in [0.25, 0.3) is 0 Å². The maximum atomic E-state index is 11.1. The largest absolute Gasteiger partial charge is 0.373 e. The van der Waals surface area contributed by atoms with Gasteiger partial charge in [-0.3, -0.25) is 4.79 Å². The number of carbonyl (C=O) groups excluding carboxylic acids is 1. The maximum absolute atomic E-state index is 11.1. The fourth-order valence-electron chi connectivity index (χ4n) is 2.73. The minimum Gasteiger partial charge on any atom is -0.373 e. The van der Waals surface area contributed by atoms with E-state index < -0.39 is 0 Å². The molecular weight excluding hydrogens is 190 g/mol. The Morgan fingerprint density at radius 3 is 2.27 bits per heavy atom. The Morgan fingerprint density at radius 1 is 1.33 bits per heavy atom. The van der Waals surface area contributed by atoms with E-state index >= 15 is 0 Å². The zero-order valence-corrected chi connectivity index (χ0v) is 10.2. The van der Waals surface area contributed by atoms with Gasteiger partial charge in [0.05, 0.1) is 11.7 Å². The second kappa shape index (κ2) is 3.21. The van der Waals surface area contributed by atoms with Crippen molar-refractivity contribution in [3.63, 3.8) is 0 Å². The van der Waals surface area contributed by atoms with Crippen LogP contribution in [-0.2, 0) is 9.53 Å². The third kappa shape index (κ3) is 2.17. The number of nitrogens with zero attached hydrogens (tertiary/aromatic N) is 1. The molecule has 2 fully saturated rings. The number of hydrogen-bond acceptors (Lipinski definition) is 2. The highest BCUT2D eigenvalue weighted by atomic mass is 16.5. The fourth-order valence-corrected chi connectivity index (χ4v) is 2.73. The predicted molar refractivity (Wildman–Crippen MR) is 58.5 cm³/mol. The van der Waals surface area contributed by atoms with Gasteiger partial charge >= 0.3 is 0 Å². The average molecular weight is 211 g/mol. The molecule has 15 heavy (non-hydrogen) atoms. The van der Waals surface area contributed by atoms with Crippen molar-refractivity contribution < 1.29 is 9.53 Å². The fraction of sp³-hybridized carbons (Fsp3) is 0.917. The summed E-state index contributed by atoms with van der Waals surface area (Å²) in [6, 6.07) is 0. The zero-order valence-electron chi connectivity index (χ0n) is 10.2. The van der Waals surface area contributed by atoms with Crippen LogP contribution < -0.4 is 0 Å². The van der Waals surface area contributed by atoms with Gasteiger partial charge in [0.2, 0.25) is 5.91 Å². The summed E-state index contributed by atoms with van der Waals surface area (Å²) in [7, 11) is 0. The molecule has 2 aliphatic rings. The molecule has 1 heterocycles. The van der Waals surface area contributed by atoms with Crippen molar-refractivity contribution in [2.75, 3.05) is 13.1 Å². The van der Waals surface area contributed by atoms with Crippen molar-refractivity contribution in [3.8, 4) is 0 Å². The van der Waals surface area contributed by atoms with E-state index in [-0.39, 0.29) is 11.5 Å². The predicted octanol–water partition coefficient (Wildman–Crippen LogP) is 1.81. The third-order valence-corrected chi connectivity index (χ3v) is 3.34. The number of carbonyl (C=O) groups is 1. The normalized spacial score (nSPS) is 24.9. The summed E-state index contributed by atoms with van der Waals surface area (Å²) in [5.41, 5.74) is 0.387. The summed E-state index contributed by atoms with van der Waals surface area (Å²) >= 11 is 0. The molecule has 1 aliphatic carbocycles. The van der Waals surface area contributed by atoms with Gasteiger partial charge in [-0.25, -0.2) is 0 Å². The molecule has 1 saturated heterocycles. The van der Waals surface area contributed by atoms with Gasteiger partial charge in [0.25, 0.3) is 0 Å². The molecule has 3 nitrogen and oxygen atoms in total. The quantitative estimate of drug-likeness (QED) is 0.662. The van der Waals surface area contributed by atoms with Crippen LogP contribution in [0.2, 0.25) is 0 Å². The molecular formula is C12H21NO2. The summed E-state index contributed by atoms with van der Waals surface area (Å²) in [6.07, 6.45) is 2.68. The lowest BCUT2D eigenvalue weighted by Gasteiger charge is -2.59. The topological polar surface area (TPSA) is 29.5 Å². The Balaban J connectivity index is 1.74. The van der Waals surface area contributed by atoms with Gasteiger partial charge in [-0.1, -0.05) is 0 Å². The number of amides is 1. The maximum Gasteiger partial charge on any atom is 0.219 e. The van der Waals surface area contributed by atoms with Crippen LogP contribution in [0.15, 0.2) is 0 Å². The van der Waals surface area contributed by atoms with E-state index in [1.54, 1.807) is 6.92 Å². The van der Waals surface area contributed by atoms with Crippen LogP contribution in [0, 0.1) is 5.41 Å². The van der Waals surface area contributed by atoms with Gasteiger partial charge in [-0.15, -0.1) is 0 Å². The molecule has 0 aromatic carbocycles. The number of rotatable bonds is 1.